The number of carbonyl (C=O) groups excluding carboxylic acids is 1. The smallest absolute Gasteiger partial charge is 0.407 e. The maximum Gasteiger partial charge on any atom is 0.407 e. The fourth-order valence-electron chi connectivity index (χ4n) is 7.95. The number of piperidine rings is 1. The standard InChI is InChI=1S/C34H36F2N6O3/c35-23-16-24-19-41(18-23)31-26-17-37-29(25-10-2-8-21-6-1-7-22(27(21)25)9-3-15-44-33(43)38-24)28(36)30(26)39-32(40-31)45-20-34-11-4-13-42(34)14-5-12-34/h1-2,6-8,10,17,23-24H,3-5,9,11-16,18-20H2,(H,38,43). The van der Waals surface area contributed by atoms with E-state index in [1.165, 1.54) is 0 Å². The molecule has 6 bridgehead atoms. The van der Waals surface area contributed by atoms with Crippen LogP contribution in [0.4, 0.5) is 19.4 Å². The lowest BCUT2D eigenvalue weighted by molar-refractivity contribution is 0.107. The lowest BCUT2D eigenvalue weighted by Gasteiger charge is -2.36. The monoisotopic (exact) mass is 614 g/mol. The Morgan fingerprint density at radius 2 is 1.89 bits per heavy atom. The van der Waals surface area contributed by atoms with Crippen molar-refractivity contribution in [3.05, 3.63) is 54.0 Å². The number of aromatic nitrogens is 3. The molecule has 9 rings (SSSR count). The Balaban J connectivity index is 1.29. The predicted octanol–water partition coefficient (Wildman–Crippen LogP) is 5.58. The first kappa shape index (κ1) is 28.4. The summed E-state index contributed by atoms with van der Waals surface area (Å²) >= 11 is 0. The van der Waals surface area contributed by atoms with Gasteiger partial charge >= 0.3 is 12.1 Å². The number of benzene rings is 2. The summed E-state index contributed by atoms with van der Waals surface area (Å²) in [4.78, 5) is 31.0. The summed E-state index contributed by atoms with van der Waals surface area (Å²) in [5.74, 6) is -0.235. The molecule has 0 spiro atoms. The van der Waals surface area contributed by atoms with E-state index in [1.54, 1.807) is 11.1 Å². The van der Waals surface area contributed by atoms with Crippen LogP contribution in [0.1, 0.15) is 44.1 Å². The maximum atomic E-state index is 16.8. The van der Waals surface area contributed by atoms with Gasteiger partial charge in [0.25, 0.3) is 0 Å². The number of pyridine rings is 1. The van der Waals surface area contributed by atoms with Gasteiger partial charge in [-0.1, -0.05) is 36.4 Å². The molecule has 5 aliphatic rings. The van der Waals surface area contributed by atoms with Crippen molar-refractivity contribution in [1.29, 1.82) is 0 Å². The summed E-state index contributed by atoms with van der Waals surface area (Å²) in [5, 5.41) is 5.05. The molecular weight excluding hydrogens is 578 g/mol. The number of hydrogen-bond acceptors (Lipinski definition) is 8. The minimum atomic E-state index is -1.24. The number of amides is 1. The average molecular weight is 615 g/mol. The van der Waals surface area contributed by atoms with Crippen molar-refractivity contribution in [2.45, 2.75) is 62.7 Å². The second-order valence-corrected chi connectivity index (χ2v) is 12.9. The van der Waals surface area contributed by atoms with Crippen molar-refractivity contribution in [2.24, 2.45) is 0 Å². The average Bonchev–Trinajstić information content (AvgIpc) is 3.62. The Morgan fingerprint density at radius 1 is 1.07 bits per heavy atom. The number of alkyl carbamates (subject to hydrolysis) is 1. The van der Waals surface area contributed by atoms with Crippen LogP contribution in [-0.4, -0.2) is 83.1 Å². The largest absolute Gasteiger partial charge is 0.461 e. The second-order valence-electron chi connectivity index (χ2n) is 12.9. The predicted molar refractivity (Wildman–Crippen MR) is 167 cm³/mol. The summed E-state index contributed by atoms with van der Waals surface area (Å²) in [5.41, 5.74) is 1.86. The molecule has 234 valence electrons. The summed E-state index contributed by atoms with van der Waals surface area (Å²) < 4.78 is 43.9. The molecule has 45 heavy (non-hydrogen) atoms. The van der Waals surface area contributed by atoms with Gasteiger partial charge in [0, 0.05) is 24.7 Å². The topological polar surface area (TPSA) is 92.7 Å². The Kier molecular flexibility index (Phi) is 7.15. The Labute approximate surface area is 259 Å². The van der Waals surface area contributed by atoms with Gasteiger partial charge in [-0.3, -0.25) is 9.88 Å². The third kappa shape index (κ3) is 5.10. The van der Waals surface area contributed by atoms with Crippen molar-refractivity contribution in [2.75, 3.05) is 44.3 Å². The molecule has 2 aromatic heterocycles. The summed E-state index contributed by atoms with van der Waals surface area (Å²) in [6.45, 7) is 3.01. The molecule has 4 aromatic rings. The quantitative estimate of drug-likeness (QED) is 0.320. The highest BCUT2D eigenvalue weighted by molar-refractivity contribution is 6.00. The van der Waals surface area contributed by atoms with Gasteiger partial charge in [-0.15, -0.1) is 0 Å². The zero-order valence-corrected chi connectivity index (χ0v) is 25.1. The van der Waals surface area contributed by atoms with Gasteiger partial charge in [-0.2, -0.15) is 9.97 Å². The fraction of sp³-hybridized carbons (Fsp3) is 0.471. The van der Waals surface area contributed by atoms with Crippen LogP contribution >= 0.6 is 0 Å². The van der Waals surface area contributed by atoms with E-state index in [0.717, 1.165) is 55.1 Å². The van der Waals surface area contributed by atoms with Gasteiger partial charge in [0.05, 0.1) is 30.1 Å². The SMILES string of the molecule is O=C1NC2CC(F)CN(C2)c2nc(OCC34CCCN3CCC4)nc3c(F)c(ncc23)-c2cccc3cccc(c23)CCCO1. The fourth-order valence-corrected chi connectivity index (χ4v) is 7.95. The van der Waals surface area contributed by atoms with E-state index in [0.29, 0.717) is 36.2 Å². The molecule has 7 heterocycles. The number of aryl methyl sites for hydroxylation is 1. The number of halogens is 2. The molecule has 9 nitrogen and oxygen atoms in total. The second kappa shape index (κ2) is 11.3. The molecule has 0 aliphatic carbocycles. The summed E-state index contributed by atoms with van der Waals surface area (Å²) in [6, 6.07) is 11.3. The molecule has 2 unspecified atom stereocenters. The minimum Gasteiger partial charge on any atom is -0.461 e. The zero-order chi connectivity index (χ0) is 30.5. The highest BCUT2D eigenvalue weighted by Crippen LogP contribution is 2.40. The molecule has 5 aliphatic heterocycles. The minimum absolute atomic E-state index is 0.0343. The lowest BCUT2D eigenvalue weighted by atomic mass is 9.94. The number of hydrogen-bond donors (Lipinski definition) is 1. The van der Waals surface area contributed by atoms with Crippen LogP contribution in [0, 0.1) is 5.82 Å². The Hall–Kier alpha value is -4.12. The van der Waals surface area contributed by atoms with Crippen molar-refractivity contribution in [3.8, 4) is 17.3 Å². The highest BCUT2D eigenvalue weighted by Gasteiger charge is 2.45. The zero-order valence-electron chi connectivity index (χ0n) is 25.1. The van der Waals surface area contributed by atoms with Crippen molar-refractivity contribution < 1.29 is 23.0 Å². The molecule has 11 heteroatoms. The molecule has 0 radical (unpaired) electrons. The number of rotatable bonds is 3. The van der Waals surface area contributed by atoms with Gasteiger partial charge in [0.2, 0.25) is 0 Å². The van der Waals surface area contributed by atoms with Gasteiger partial charge in [-0.25, -0.2) is 13.6 Å². The van der Waals surface area contributed by atoms with E-state index in [-0.39, 0.29) is 48.9 Å². The van der Waals surface area contributed by atoms with Crippen molar-refractivity contribution in [1.82, 2.24) is 25.2 Å². The number of alkyl halides is 1. The molecule has 3 fully saturated rings. The van der Waals surface area contributed by atoms with E-state index < -0.39 is 24.1 Å². The van der Waals surface area contributed by atoms with Crippen LogP contribution in [0.5, 0.6) is 6.01 Å². The van der Waals surface area contributed by atoms with E-state index in [9.17, 15) is 4.79 Å². The first-order valence-corrected chi connectivity index (χ1v) is 16.0. The maximum absolute atomic E-state index is 16.8. The molecule has 3 saturated heterocycles. The van der Waals surface area contributed by atoms with Gasteiger partial charge < -0.3 is 19.7 Å². The highest BCUT2D eigenvalue weighted by atomic mass is 19.1. The lowest BCUT2D eigenvalue weighted by Crippen LogP contribution is -2.52. The first-order chi connectivity index (χ1) is 22.0. The third-order valence-corrected chi connectivity index (χ3v) is 10.0. The van der Waals surface area contributed by atoms with Crippen LogP contribution < -0.4 is 15.0 Å². The van der Waals surface area contributed by atoms with E-state index in [4.69, 9.17) is 14.5 Å². The van der Waals surface area contributed by atoms with Crippen molar-refractivity contribution >= 4 is 33.6 Å². The third-order valence-electron chi connectivity index (χ3n) is 10.0. The Bertz CT molecular complexity index is 1770. The first-order valence-electron chi connectivity index (χ1n) is 16.0. The Morgan fingerprint density at radius 3 is 2.73 bits per heavy atom. The van der Waals surface area contributed by atoms with Crippen LogP contribution in [-0.2, 0) is 11.2 Å². The number of ether oxygens (including phenoxy) is 2. The van der Waals surface area contributed by atoms with Crippen LogP contribution in [0.15, 0.2) is 42.6 Å². The van der Waals surface area contributed by atoms with Crippen LogP contribution in [0.25, 0.3) is 32.9 Å². The van der Waals surface area contributed by atoms with Crippen LogP contribution in [0.2, 0.25) is 0 Å². The van der Waals surface area contributed by atoms with Gasteiger partial charge in [0.15, 0.2) is 5.82 Å². The van der Waals surface area contributed by atoms with Crippen molar-refractivity contribution in [3.63, 3.8) is 0 Å². The molecule has 1 amide bonds. The number of fused-ring (bicyclic) bond motifs is 7. The molecule has 0 saturated carbocycles. The van der Waals surface area contributed by atoms with Gasteiger partial charge in [-0.05, 0) is 68.0 Å². The van der Waals surface area contributed by atoms with E-state index in [2.05, 4.69) is 20.2 Å². The molecule has 1 N–H and O–H groups in total. The van der Waals surface area contributed by atoms with E-state index >= 15 is 8.78 Å². The summed E-state index contributed by atoms with van der Waals surface area (Å²) in [6.07, 6.45) is 5.41. The number of carbonyl (C=O) groups is 1. The number of nitrogens with zero attached hydrogens (tertiary/aromatic N) is 5. The number of nitrogens with one attached hydrogen (secondary N) is 1. The summed E-state index contributed by atoms with van der Waals surface area (Å²) in [7, 11) is 0. The molecular formula is C34H36F2N6O3. The van der Waals surface area contributed by atoms with Gasteiger partial charge in [0.1, 0.15) is 29.8 Å². The normalized spacial score (nSPS) is 23.2. The van der Waals surface area contributed by atoms with E-state index in [1.807, 2.05) is 36.4 Å². The molecule has 2 atom stereocenters. The van der Waals surface area contributed by atoms with Crippen LogP contribution in [0.3, 0.4) is 0 Å². The number of anilines is 1. The molecule has 2 aromatic carbocycles.